The number of imide groups is 1. The van der Waals surface area contributed by atoms with Gasteiger partial charge in [0.1, 0.15) is 5.75 Å². The molecule has 2 amide bonds. The third kappa shape index (κ3) is 4.46. The van der Waals surface area contributed by atoms with Gasteiger partial charge in [-0.05, 0) is 72.8 Å². The van der Waals surface area contributed by atoms with Crippen molar-refractivity contribution in [2.75, 3.05) is 7.05 Å². The number of aromatic hydroxyl groups is 1. The second-order valence-corrected chi connectivity index (χ2v) is 9.89. The fraction of sp³-hybridized carbons (Fsp3) is 0.357. The lowest BCUT2D eigenvalue weighted by Crippen LogP contribution is -2.45. The number of carbonyl (C=O) groups is 2. The summed E-state index contributed by atoms with van der Waals surface area (Å²) < 4.78 is 6.04. The predicted molar refractivity (Wildman–Crippen MR) is 135 cm³/mol. The fourth-order valence-corrected chi connectivity index (χ4v) is 6.09. The number of fused-ring (bicyclic) bond motifs is 3. The van der Waals surface area contributed by atoms with Crippen LogP contribution in [-0.4, -0.2) is 47.1 Å². The summed E-state index contributed by atoms with van der Waals surface area (Å²) >= 11 is 0. The Morgan fingerprint density at radius 2 is 1.80 bits per heavy atom. The highest BCUT2D eigenvalue weighted by Gasteiger charge is 2.55. The van der Waals surface area contributed by atoms with Crippen molar-refractivity contribution in [1.82, 2.24) is 4.90 Å². The maximum Gasteiger partial charge on any atom is 0.455 e. The number of benzene rings is 2. The van der Waals surface area contributed by atoms with Crippen LogP contribution >= 0.6 is 0 Å². The maximum absolute atomic E-state index is 12.9. The van der Waals surface area contributed by atoms with Crippen LogP contribution in [0.15, 0.2) is 65.7 Å². The normalized spacial score (nSPS) is 26.8. The van der Waals surface area contributed by atoms with Gasteiger partial charge in [-0.1, -0.05) is 54.1 Å². The van der Waals surface area contributed by atoms with E-state index in [4.69, 9.17) is 4.65 Å². The van der Waals surface area contributed by atoms with Gasteiger partial charge >= 0.3 is 7.12 Å². The molecule has 35 heavy (non-hydrogen) atoms. The molecule has 0 unspecified atom stereocenters. The van der Waals surface area contributed by atoms with Crippen molar-refractivity contribution in [1.29, 1.82) is 0 Å². The largest absolute Gasteiger partial charge is 0.508 e. The van der Waals surface area contributed by atoms with Gasteiger partial charge in [-0.25, -0.2) is 0 Å². The van der Waals surface area contributed by atoms with Crippen LogP contribution in [0.1, 0.15) is 37.3 Å². The molecule has 2 aliphatic heterocycles. The standard InChI is InChI=1S/C28H30BNO5/c1-17-14-22-26(28(33)30(2)27(22)32)23-16-29(34)35-24(25(17)23)13-10-20(19-6-4-3-5-7-19)15-18-8-11-21(31)12-9-18/h3-9,11-12,15,22-24,26,31,34H,10,13-14,16H2,1-2H3/b20-15-/t22-,23+,24-,26-/m1/s1. The Balaban J connectivity index is 1.43. The van der Waals surface area contributed by atoms with Gasteiger partial charge < -0.3 is 14.8 Å². The molecule has 1 aliphatic carbocycles. The number of hydrogen-bond donors (Lipinski definition) is 2. The minimum absolute atomic E-state index is 0.112. The maximum atomic E-state index is 12.9. The molecule has 6 nitrogen and oxygen atoms in total. The highest BCUT2D eigenvalue weighted by Crippen LogP contribution is 2.50. The van der Waals surface area contributed by atoms with Crippen LogP contribution in [0.25, 0.3) is 11.6 Å². The van der Waals surface area contributed by atoms with Gasteiger partial charge in [0.15, 0.2) is 0 Å². The summed E-state index contributed by atoms with van der Waals surface area (Å²) in [5, 5.41) is 20.2. The van der Waals surface area contributed by atoms with E-state index in [-0.39, 0.29) is 35.5 Å². The first kappa shape index (κ1) is 23.6. The number of carbonyl (C=O) groups excluding carboxylic acids is 2. The molecule has 0 bridgehead atoms. The van der Waals surface area contributed by atoms with Gasteiger partial charge in [-0.15, -0.1) is 0 Å². The number of hydrogen-bond acceptors (Lipinski definition) is 5. The molecule has 2 fully saturated rings. The van der Waals surface area contributed by atoms with Crippen LogP contribution in [0.4, 0.5) is 0 Å². The molecule has 2 aromatic rings. The van der Waals surface area contributed by atoms with Crippen molar-refractivity contribution in [3.63, 3.8) is 0 Å². The number of allylic oxidation sites excluding steroid dienone is 2. The Kier molecular flexibility index (Phi) is 6.38. The average molecular weight is 471 g/mol. The molecule has 7 heteroatoms. The van der Waals surface area contributed by atoms with E-state index in [1.165, 1.54) is 4.90 Å². The molecular weight excluding hydrogens is 441 g/mol. The zero-order valence-corrected chi connectivity index (χ0v) is 20.1. The zero-order valence-electron chi connectivity index (χ0n) is 20.1. The van der Waals surface area contributed by atoms with Crippen LogP contribution in [0, 0.1) is 17.8 Å². The van der Waals surface area contributed by atoms with Crippen LogP contribution in [0.5, 0.6) is 5.75 Å². The summed E-state index contributed by atoms with van der Waals surface area (Å²) in [6.45, 7) is 2.03. The van der Waals surface area contributed by atoms with Crippen molar-refractivity contribution in [3.8, 4) is 5.75 Å². The van der Waals surface area contributed by atoms with Crippen molar-refractivity contribution in [2.24, 2.45) is 17.8 Å². The molecule has 2 saturated heterocycles. The molecule has 0 saturated carbocycles. The van der Waals surface area contributed by atoms with E-state index in [2.05, 4.69) is 18.2 Å². The van der Waals surface area contributed by atoms with Crippen LogP contribution in [0.3, 0.4) is 0 Å². The van der Waals surface area contributed by atoms with E-state index < -0.39 is 13.0 Å². The van der Waals surface area contributed by atoms with Gasteiger partial charge in [0, 0.05) is 7.05 Å². The van der Waals surface area contributed by atoms with Crippen LogP contribution < -0.4 is 0 Å². The molecule has 0 radical (unpaired) electrons. The Morgan fingerprint density at radius 3 is 2.51 bits per heavy atom. The van der Waals surface area contributed by atoms with E-state index in [0.29, 0.717) is 25.6 Å². The summed E-state index contributed by atoms with van der Waals surface area (Å²) in [4.78, 5) is 26.9. The average Bonchev–Trinajstić information content (AvgIpc) is 3.06. The minimum Gasteiger partial charge on any atom is -0.508 e. The second kappa shape index (κ2) is 9.48. The zero-order chi connectivity index (χ0) is 24.7. The molecule has 4 atom stereocenters. The summed E-state index contributed by atoms with van der Waals surface area (Å²) in [6.07, 6.45) is 4.05. The van der Waals surface area contributed by atoms with Crippen molar-refractivity contribution < 1.29 is 24.4 Å². The van der Waals surface area contributed by atoms with Crippen LogP contribution in [-0.2, 0) is 14.2 Å². The first-order chi connectivity index (χ1) is 16.8. The van der Waals surface area contributed by atoms with Crippen LogP contribution in [0.2, 0.25) is 6.32 Å². The first-order valence-corrected chi connectivity index (χ1v) is 12.2. The van der Waals surface area contributed by atoms with E-state index in [0.717, 1.165) is 27.8 Å². The highest BCUT2D eigenvalue weighted by atomic mass is 16.5. The topological polar surface area (TPSA) is 87.1 Å². The number of phenols is 1. The van der Waals surface area contributed by atoms with Gasteiger partial charge in [0.2, 0.25) is 11.8 Å². The number of nitrogens with zero attached hydrogens (tertiary/aromatic N) is 1. The molecular formula is C28H30BNO5. The lowest BCUT2D eigenvalue weighted by Gasteiger charge is -2.42. The molecule has 2 heterocycles. The Hall–Kier alpha value is -3.16. The molecule has 2 aromatic carbocycles. The molecule has 2 N–H and O–H groups in total. The third-order valence-corrected chi connectivity index (χ3v) is 7.73. The number of rotatable bonds is 5. The van der Waals surface area contributed by atoms with Gasteiger partial charge in [-0.2, -0.15) is 0 Å². The molecule has 0 spiro atoms. The quantitative estimate of drug-likeness (QED) is 0.296. The van der Waals surface area contributed by atoms with Crippen molar-refractivity contribution in [3.05, 3.63) is 76.9 Å². The lowest BCUT2D eigenvalue weighted by atomic mass is 9.58. The lowest BCUT2D eigenvalue weighted by molar-refractivity contribution is -0.138. The second-order valence-electron chi connectivity index (χ2n) is 9.89. The summed E-state index contributed by atoms with van der Waals surface area (Å²) in [5.74, 6) is -0.943. The van der Waals surface area contributed by atoms with E-state index in [9.17, 15) is 19.7 Å². The van der Waals surface area contributed by atoms with Crippen molar-refractivity contribution >= 4 is 30.6 Å². The fourth-order valence-electron chi connectivity index (χ4n) is 6.09. The monoisotopic (exact) mass is 471 g/mol. The summed E-state index contributed by atoms with van der Waals surface area (Å²) in [5.41, 5.74) is 5.40. The SMILES string of the molecule is CC1=C2[C@@H](CC/C(=C/c3ccc(O)cc3)c3ccccc3)OB(O)C[C@@H]2[C@@H]2C(=O)N(C)C(=O)[C@@H]2C1. The summed E-state index contributed by atoms with van der Waals surface area (Å²) in [7, 11) is 0.598. The first-order valence-electron chi connectivity index (χ1n) is 12.2. The molecule has 180 valence electrons. The predicted octanol–water partition coefficient (Wildman–Crippen LogP) is 4.16. The van der Waals surface area contributed by atoms with E-state index in [1.807, 2.05) is 37.3 Å². The van der Waals surface area contributed by atoms with Gasteiger partial charge in [0.25, 0.3) is 0 Å². The van der Waals surface area contributed by atoms with Gasteiger partial charge in [-0.3, -0.25) is 14.5 Å². The number of phenolic OH excluding ortho intramolecular Hbond substituents is 1. The highest BCUT2D eigenvalue weighted by molar-refractivity contribution is 6.43. The Morgan fingerprint density at radius 1 is 1.09 bits per heavy atom. The van der Waals surface area contributed by atoms with E-state index in [1.54, 1.807) is 19.2 Å². The molecule has 3 aliphatic rings. The minimum atomic E-state index is -0.963. The molecule has 5 rings (SSSR count). The third-order valence-electron chi connectivity index (χ3n) is 7.73. The van der Waals surface area contributed by atoms with Gasteiger partial charge in [0.05, 0.1) is 17.9 Å². The van der Waals surface area contributed by atoms with Crippen molar-refractivity contribution in [2.45, 2.75) is 38.6 Å². The Bertz CT molecular complexity index is 1190. The molecule has 0 aromatic heterocycles. The number of likely N-dealkylation sites (tertiary alicyclic amines) is 1. The summed E-state index contributed by atoms with van der Waals surface area (Å²) in [6, 6.07) is 17.2. The smallest absolute Gasteiger partial charge is 0.455 e. The Labute approximate surface area is 206 Å². The number of amides is 2. The van der Waals surface area contributed by atoms with E-state index >= 15 is 0 Å².